The largest absolute Gasteiger partial charge is 0.495 e. The molecule has 0 bridgehead atoms. The minimum absolute atomic E-state index is 0.00653. The third-order valence-corrected chi connectivity index (χ3v) is 2.58. The first-order valence-electron chi connectivity index (χ1n) is 5.61. The Morgan fingerprint density at radius 2 is 2.35 bits per heavy atom. The SMILES string of the molecule is CCNC(c1ccco1)c1ccncc1OC. The Bertz CT molecular complexity index is 454. The van der Waals surface area contributed by atoms with Crippen LogP contribution in [0.25, 0.3) is 0 Å². The zero-order valence-electron chi connectivity index (χ0n) is 10.0. The Kier molecular flexibility index (Phi) is 3.77. The number of pyridine rings is 1. The summed E-state index contributed by atoms with van der Waals surface area (Å²) in [5.74, 6) is 1.63. The molecule has 1 N–H and O–H groups in total. The molecular formula is C13H16N2O2. The van der Waals surface area contributed by atoms with Gasteiger partial charge in [-0.15, -0.1) is 0 Å². The quantitative estimate of drug-likeness (QED) is 0.859. The molecule has 2 aromatic rings. The van der Waals surface area contributed by atoms with Gasteiger partial charge in [0.1, 0.15) is 11.5 Å². The molecule has 0 saturated carbocycles. The summed E-state index contributed by atoms with van der Waals surface area (Å²) >= 11 is 0. The van der Waals surface area contributed by atoms with Crippen LogP contribution in [0.4, 0.5) is 0 Å². The molecule has 1 atom stereocenters. The van der Waals surface area contributed by atoms with Crippen LogP contribution in [0.5, 0.6) is 5.75 Å². The van der Waals surface area contributed by atoms with Crippen LogP contribution in [0.15, 0.2) is 41.3 Å². The van der Waals surface area contributed by atoms with Gasteiger partial charge in [0.2, 0.25) is 0 Å². The van der Waals surface area contributed by atoms with Crippen LogP contribution >= 0.6 is 0 Å². The maximum Gasteiger partial charge on any atom is 0.142 e. The molecule has 0 saturated heterocycles. The molecule has 2 aromatic heterocycles. The van der Waals surface area contributed by atoms with Gasteiger partial charge >= 0.3 is 0 Å². The maximum absolute atomic E-state index is 5.46. The van der Waals surface area contributed by atoms with Crippen molar-refractivity contribution < 1.29 is 9.15 Å². The second kappa shape index (κ2) is 5.50. The zero-order chi connectivity index (χ0) is 12.1. The molecule has 17 heavy (non-hydrogen) atoms. The normalized spacial score (nSPS) is 12.4. The standard InChI is InChI=1S/C13H16N2O2/c1-3-15-13(11-5-4-8-17-11)10-6-7-14-9-12(10)16-2/h4-9,13,15H,3H2,1-2H3. The first-order chi connectivity index (χ1) is 8.36. The van der Waals surface area contributed by atoms with Gasteiger partial charge < -0.3 is 14.5 Å². The van der Waals surface area contributed by atoms with Crippen LogP contribution in [-0.2, 0) is 0 Å². The summed E-state index contributed by atoms with van der Waals surface area (Å²) in [6.45, 7) is 2.90. The van der Waals surface area contributed by atoms with Crippen LogP contribution in [0, 0.1) is 0 Å². The molecule has 4 nitrogen and oxygen atoms in total. The number of aromatic nitrogens is 1. The summed E-state index contributed by atoms with van der Waals surface area (Å²) in [6, 6.07) is 5.77. The smallest absolute Gasteiger partial charge is 0.142 e. The highest BCUT2D eigenvalue weighted by molar-refractivity contribution is 5.37. The van der Waals surface area contributed by atoms with Gasteiger partial charge in [-0.25, -0.2) is 0 Å². The van der Waals surface area contributed by atoms with Gasteiger partial charge in [0.05, 0.1) is 25.6 Å². The second-order valence-electron chi connectivity index (χ2n) is 3.62. The first kappa shape index (κ1) is 11.7. The zero-order valence-corrected chi connectivity index (χ0v) is 10.0. The minimum atomic E-state index is -0.00653. The van der Waals surface area contributed by atoms with Gasteiger partial charge in [0.25, 0.3) is 0 Å². The van der Waals surface area contributed by atoms with Crippen LogP contribution in [0.3, 0.4) is 0 Å². The lowest BCUT2D eigenvalue weighted by atomic mass is 10.1. The Hall–Kier alpha value is -1.81. The van der Waals surface area contributed by atoms with E-state index in [1.807, 2.05) is 18.2 Å². The van der Waals surface area contributed by atoms with Crippen molar-refractivity contribution in [2.75, 3.05) is 13.7 Å². The van der Waals surface area contributed by atoms with E-state index in [1.54, 1.807) is 25.8 Å². The number of rotatable bonds is 5. The number of nitrogens with zero attached hydrogens (tertiary/aromatic N) is 1. The summed E-state index contributed by atoms with van der Waals surface area (Å²) < 4.78 is 10.8. The van der Waals surface area contributed by atoms with Gasteiger partial charge in [-0.2, -0.15) is 0 Å². The highest BCUT2D eigenvalue weighted by atomic mass is 16.5. The molecule has 0 aliphatic carbocycles. The second-order valence-corrected chi connectivity index (χ2v) is 3.62. The van der Waals surface area contributed by atoms with E-state index in [-0.39, 0.29) is 6.04 Å². The highest BCUT2D eigenvalue weighted by Gasteiger charge is 2.19. The van der Waals surface area contributed by atoms with Crippen molar-refractivity contribution in [3.63, 3.8) is 0 Å². The third-order valence-electron chi connectivity index (χ3n) is 2.58. The molecule has 0 aliphatic heterocycles. The van der Waals surface area contributed by atoms with Crippen LogP contribution in [0.1, 0.15) is 24.3 Å². The molecule has 0 fully saturated rings. The van der Waals surface area contributed by atoms with Crippen LogP contribution in [-0.4, -0.2) is 18.6 Å². The van der Waals surface area contributed by atoms with Gasteiger partial charge in [-0.05, 0) is 24.7 Å². The maximum atomic E-state index is 5.46. The van der Waals surface area contributed by atoms with E-state index in [0.29, 0.717) is 0 Å². The number of hydrogen-bond donors (Lipinski definition) is 1. The molecule has 0 amide bonds. The van der Waals surface area contributed by atoms with Crippen molar-refractivity contribution in [1.29, 1.82) is 0 Å². The predicted octanol–water partition coefficient (Wildman–Crippen LogP) is 2.38. The van der Waals surface area contributed by atoms with Crippen molar-refractivity contribution in [2.24, 2.45) is 0 Å². The Balaban J connectivity index is 2.39. The van der Waals surface area contributed by atoms with E-state index in [1.165, 1.54) is 0 Å². The van der Waals surface area contributed by atoms with E-state index in [0.717, 1.165) is 23.6 Å². The summed E-state index contributed by atoms with van der Waals surface area (Å²) in [5.41, 5.74) is 1.03. The van der Waals surface area contributed by atoms with Crippen LogP contribution in [0.2, 0.25) is 0 Å². The lowest BCUT2D eigenvalue weighted by Crippen LogP contribution is -2.22. The highest BCUT2D eigenvalue weighted by Crippen LogP contribution is 2.29. The van der Waals surface area contributed by atoms with E-state index in [9.17, 15) is 0 Å². The number of methoxy groups -OCH3 is 1. The topological polar surface area (TPSA) is 47.3 Å². The molecule has 1 unspecified atom stereocenters. The van der Waals surface area contributed by atoms with Crippen molar-refractivity contribution in [2.45, 2.75) is 13.0 Å². The number of hydrogen-bond acceptors (Lipinski definition) is 4. The van der Waals surface area contributed by atoms with E-state index in [2.05, 4.69) is 17.2 Å². The summed E-state index contributed by atoms with van der Waals surface area (Å²) in [7, 11) is 1.64. The Labute approximate surface area is 101 Å². The van der Waals surface area contributed by atoms with Crippen molar-refractivity contribution in [3.8, 4) is 5.75 Å². The molecule has 2 heterocycles. The molecule has 0 radical (unpaired) electrons. The number of nitrogens with one attached hydrogen (secondary N) is 1. The molecule has 4 heteroatoms. The average Bonchev–Trinajstić information content (AvgIpc) is 2.89. The van der Waals surface area contributed by atoms with Gasteiger partial charge in [-0.3, -0.25) is 4.98 Å². The lowest BCUT2D eigenvalue weighted by Gasteiger charge is -2.18. The van der Waals surface area contributed by atoms with Gasteiger partial charge in [-0.1, -0.05) is 6.92 Å². The lowest BCUT2D eigenvalue weighted by molar-refractivity contribution is 0.392. The van der Waals surface area contributed by atoms with Crippen molar-refractivity contribution in [1.82, 2.24) is 10.3 Å². The van der Waals surface area contributed by atoms with Crippen molar-refractivity contribution >= 4 is 0 Å². The van der Waals surface area contributed by atoms with Crippen LogP contribution < -0.4 is 10.1 Å². The fourth-order valence-electron chi connectivity index (χ4n) is 1.82. The fourth-order valence-corrected chi connectivity index (χ4v) is 1.82. The molecule has 0 aliphatic rings. The summed E-state index contributed by atoms with van der Waals surface area (Å²) in [5, 5.41) is 3.37. The Morgan fingerprint density at radius 1 is 1.47 bits per heavy atom. The monoisotopic (exact) mass is 232 g/mol. The average molecular weight is 232 g/mol. The molecular weight excluding hydrogens is 216 g/mol. The fraction of sp³-hybridized carbons (Fsp3) is 0.308. The summed E-state index contributed by atoms with van der Waals surface area (Å²) in [4.78, 5) is 4.06. The third kappa shape index (κ3) is 2.47. The number of ether oxygens (including phenoxy) is 1. The van der Waals surface area contributed by atoms with Crippen molar-refractivity contribution in [3.05, 3.63) is 48.2 Å². The minimum Gasteiger partial charge on any atom is -0.495 e. The molecule has 0 aromatic carbocycles. The van der Waals surface area contributed by atoms with Gasteiger partial charge in [0.15, 0.2) is 0 Å². The van der Waals surface area contributed by atoms with E-state index in [4.69, 9.17) is 9.15 Å². The van der Waals surface area contributed by atoms with E-state index >= 15 is 0 Å². The predicted molar refractivity (Wildman–Crippen MR) is 65.0 cm³/mol. The molecule has 2 rings (SSSR count). The molecule has 90 valence electrons. The Morgan fingerprint density at radius 3 is 3.00 bits per heavy atom. The van der Waals surface area contributed by atoms with Gasteiger partial charge in [0, 0.05) is 11.8 Å². The first-order valence-corrected chi connectivity index (χ1v) is 5.61. The summed E-state index contributed by atoms with van der Waals surface area (Å²) in [6.07, 6.45) is 5.14. The number of furan rings is 1. The molecule has 0 spiro atoms. The van der Waals surface area contributed by atoms with E-state index < -0.39 is 0 Å².